The number of benzene rings is 2. The number of fused-ring (bicyclic) bond motifs is 6. The summed E-state index contributed by atoms with van der Waals surface area (Å²) >= 11 is 0. The third-order valence-corrected chi connectivity index (χ3v) is 14.2. The van der Waals surface area contributed by atoms with Gasteiger partial charge in [-0.15, -0.1) is 0 Å². The van der Waals surface area contributed by atoms with E-state index in [4.69, 9.17) is 23.4 Å². The quantitative estimate of drug-likeness (QED) is 0.136. The molecule has 3 aromatic rings. The lowest BCUT2D eigenvalue weighted by atomic mass is 9.47. The molecule has 4 aliphatic carbocycles. The molecule has 3 fully saturated rings. The van der Waals surface area contributed by atoms with Crippen LogP contribution in [0.15, 0.2) is 63.3 Å². The van der Waals surface area contributed by atoms with Gasteiger partial charge in [0.15, 0.2) is 6.61 Å². The van der Waals surface area contributed by atoms with Crippen LogP contribution in [-0.2, 0) is 9.53 Å². The van der Waals surface area contributed by atoms with Gasteiger partial charge in [0.1, 0.15) is 34.7 Å². The Hall–Kier alpha value is -3.74. The van der Waals surface area contributed by atoms with Crippen molar-refractivity contribution in [2.24, 2.45) is 46.3 Å². The number of carbonyl (C=O) groups excluding carboxylic acids is 1. The van der Waals surface area contributed by atoms with Crippen LogP contribution in [0.3, 0.4) is 0 Å². The summed E-state index contributed by atoms with van der Waals surface area (Å²) in [5, 5.41) is 0.360. The Morgan fingerprint density at radius 3 is 2.55 bits per heavy atom. The van der Waals surface area contributed by atoms with E-state index in [0.29, 0.717) is 39.4 Å². The SMILES string of the molecule is COc1cccc(Oc2c(C)oc3cc(OCC(=O)O[C@H]4CC[C@@]5(C)C(=CC[C@H]6[C@@H]7CC[C@H]([C@H](C)CCCC(C)C)[C@@]7(C)CC[C@@H]65)C4)ccc3c2=O)c1. The van der Waals surface area contributed by atoms with Crippen molar-refractivity contribution < 1.29 is 28.2 Å². The van der Waals surface area contributed by atoms with Crippen molar-refractivity contribution in [3.63, 3.8) is 0 Å². The minimum atomic E-state index is -0.374. The fourth-order valence-electron chi connectivity index (χ4n) is 11.4. The van der Waals surface area contributed by atoms with Gasteiger partial charge >= 0.3 is 5.97 Å². The fraction of sp³-hybridized carbons (Fsp3) is 0.609. The van der Waals surface area contributed by atoms with Crippen molar-refractivity contribution in [1.82, 2.24) is 0 Å². The number of esters is 1. The van der Waals surface area contributed by atoms with E-state index in [-0.39, 0.29) is 35.3 Å². The van der Waals surface area contributed by atoms with Crippen molar-refractivity contribution in [3.8, 4) is 23.0 Å². The summed E-state index contributed by atoms with van der Waals surface area (Å²) < 4.78 is 29.0. The first kappa shape index (κ1) is 37.6. The first-order valence-corrected chi connectivity index (χ1v) is 20.3. The lowest BCUT2D eigenvalue weighted by molar-refractivity contribution is -0.153. The van der Waals surface area contributed by atoms with Crippen molar-refractivity contribution in [2.75, 3.05) is 13.7 Å². The molecule has 4 aliphatic rings. The predicted octanol–water partition coefficient (Wildman–Crippen LogP) is 11.2. The molecule has 7 rings (SSSR count). The largest absolute Gasteiger partial charge is 0.497 e. The van der Waals surface area contributed by atoms with Crippen molar-refractivity contribution in [1.29, 1.82) is 0 Å². The molecular formula is C46H60O7. The Morgan fingerprint density at radius 2 is 1.75 bits per heavy atom. The average Bonchev–Trinajstić information content (AvgIpc) is 3.50. The molecule has 1 aromatic heterocycles. The molecule has 53 heavy (non-hydrogen) atoms. The Labute approximate surface area is 315 Å². The van der Waals surface area contributed by atoms with Gasteiger partial charge in [-0.3, -0.25) is 4.79 Å². The van der Waals surface area contributed by atoms with Crippen LogP contribution in [0.4, 0.5) is 0 Å². The Kier molecular flexibility index (Phi) is 10.8. The van der Waals surface area contributed by atoms with Crippen LogP contribution in [0, 0.1) is 53.3 Å². The second kappa shape index (κ2) is 15.2. The number of allylic oxidation sites excluding steroid dienone is 1. The lowest BCUT2D eigenvalue weighted by Crippen LogP contribution is -2.51. The third-order valence-electron chi connectivity index (χ3n) is 14.2. The number of carbonyl (C=O) groups is 1. The molecule has 7 heteroatoms. The average molecular weight is 725 g/mol. The summed E-state index contributed by atoms with van der Waals surface area (Å²) in [6, 6.07) is 12.0. The van der Waals surface area contributed by atoms with E-state index in [1.807, 2.05) is 0 Å². The first-order chi connectivity index (χ1) is 25.4. The summed E-state index contributed by atoms with van der Waals surface area (Å²) in [5.74, 6) is 6.45. The van der Waals surface area contributed by atoms with Crippen molar-refractivity contribution in [2.45, 2.75) is 118 Å². The first-order valence-electron chi connectivity index (χ1n) is 20.3. The van der Waals surface area contributed by atoms with Crippen LogP contribution in [0.2, 0.25) is 0 Å². The van der Waals surface area contributed by atoms with Crippen molar-refractivity contribution in [3.05, 3.63) is 70.1 Å². The molecule has 0 N–H and O–H groups in total. The Bertz CT molecular complexity index is 1890. The van der Waals surface area contributed by atoms with Gasteiger partial charge in [-0.2, -0.15) is 0 Å². The molecule has 0 spiro atoms. The molecule has 8 atom stereocenters. The molecular weight excluding hydrogens is 664 g/mol. The molecule has 7 nitrogen and oxygen atoms in total. The number of hydrogen-bond donors (Lipinski definition) is 0. The van der Waals surface area contributed by atoms with E-state index in [2.05, 4.69) is 40.7 Å². The minimum absolute atomic E-state index is 0.113. The number of hydrogen-bond acceptors (Lipinski definition) is 7. The zero-order chi connectivity index (χ0) is 37.5. The standard InChI is InChI=1S/C46H60O7/c1-28(2)10-8-11-29(3)38-18-19-39-36-16-14-31-24-35(20-22-45(31,5)40(36)21-23-46(38,39)6)52-42(47)27-50-33-15-17-37-41(26-33)51-30(4)44(43(37)48)53-34-13-9-12-32(25-34)49-7/h9,12-15,17,25-26,28-29,35-36,38-40H,8,10-11,16,18-24,27H2,1-7H3/t29-,35+,36+,38-,39+,40+,45+,46-/m1/s1. The predicted molar refractivity (Wildman–Crippen MR) is 209 cm³/mol. The van der Waals surface area contributed by atoms with E-state index in [1.54, 1.807) is 56.5 Å². The topological polar surface area (TPSA) is 84.2 Å². The minimum Gasteiger partial charge on any atom is -0.497 e. The molecule has 0 unspecified atom stereocenters. The Balaban J connectivity index is 0.944. The van der Waals surface area contributed by atoms with Gasteiger partial charge < -0.3 is 23.4 Å². The van der Waals surface area contributed by atoms with Gasteiger partial charge in [-0.25, -0.2) is 4.79 Å². The molecule has 1 heterocycles. The molecule has 2 aromatic carbocycles. The highest BCUT2D eigenvalue weighted by molar-refractivity contribution is 5.80. The Morgan fingerprint density at radius 1 is 0.943 bits per heavy atom. The maximum Gasteiger partial charge on any atom is 0.344 e. The zero-order valence-corrected chi connectivity index (χ0v) is 33.0. The maximum atomic E-state index is 13.3. The summed E-state index contributed by atoms with van der Waals surface area (Å²) in [4.78, 5) is 26.4. The summed E-state index contributed by atoms with van der Waals surface area (Å²) in [5.41, 5.74) is 2.27. The third kappa shape index (κ3) is 7.38. The molecule has 0 radical (unpaired) electrons. The zero-order valence-electron chi connectivity index (χ0n) is 33.0. The van der Waals surface area contributed by atoms with Gasteiger partial charge in [-0.05, 0) is 122 Å². The molecule has 286 valence electrons. The van der Waals surface area contributed by atoms with Crippen molar-refractivity contribution >= 4 is 16.9 Å². The normalized spacial score (nSPS) is 29.8. The second-order valence-electron chi connectivity index (χ2n) is 17.7. The molecule has 3 saturated carbocycles. The van der Waals surface area contributed by atoms with Gasteiger partial charge in [0, 0.05) is 18.6 Å². The lowest BCUT2D eigenvalue weighted by Gasteiger charge is -2.58. The van der Waals surface area contributed by atoms with Gasteiger partial charge in [0.2, 0.25) is 11.2 Å². The van der Waals surface area contributed by atoms with Gasteiger partial charge in [0.25, 0.3) is 0 Å². The van der Waals surface area contributed by atoms with E-state index >= 15 is 0 Å². The van der Waals surface area contributed by atoms with Crippen LogP contribution in [0.25, 0.3) is 11.0 Å². The smallest absolute Gasteiger partial charge is 0.344 e. The van der Waals surface area contributed by atoms with Crippen LogP contribution < -0.4 is 19.6 Å². The molecule has 0 saturated heterocycles. The van der Waals surface area contributed by atoms with Gasteiger partial charge in [-0.1, -0.05) is 71.6 Å². The molecule has 0 bridgehead atoms. The monoisotopic (exact) mass is 724 g/mol. The van der Waals surface area contributed by atoms with Crippen LogP contribution in [0.5, 0.6) is 23.0 Å². The van der Waals surface area contributed by atoms with Gasteiger partial charge in [0.05, 0.1) is 12.5 Å². The van der Waals surface area contributed by atoms with E-state index in [0.717, 1.165) is 54.8 Å². The molecule has 0 aliphatic heterocycles. The molecule has 0 amide bonds. The van der Waals surface area contributed by atoms with Crippen LogP contribution in [-0.4, -0.2) is 25.8 Å². The number of rotatable bonds is 12. The fourth-order valence-corrected chi connectivity index (χ4v) is 11.4. The highest BCUT2D eigenvalue weighted by Gasteiger charge is 2.59. The summed E-state index contributed by atoms with van der Waals surface area (Å²) in [6.45, 7) is 13.9. The number of methoxy groups -OCH3 is 1. The highest BCUT2D eigenvalue weighted by atomic mass is 16.6. The van der Waals surface area contributed by atoms with Crippen LogP contribution >= 0.6 is 0 Å². The highest BCUT2D eigenvalue weighted by Crippen LogP contribution is 2.67. The van der Waals surface area contributed by atoms with E-state index in [9.17, 15) is 9.59 Å². The summed E-state index contributed by atoms with van der Waals surface area (Å²) in [6.07, 6.45) is 16.0. The van der Waals surface area contributed by atoms with E-state index in [1.165, 1.54) is 56.9 Å². The van der Waals surface area contributed by atoms with E-state index < -0.39 is 0 Å². The second-order valence-corrected chi connectivity index (χ2v) is 17.7. The number of aryl methyl sites for hydroxylation is 1. The number of ether oxygens (including phenoxy) is 4. The summed E-state index contributed by atoms with van der Waals surface area (Å²) in [7, 11) is 1.57. The van der Waals surface area contributed by atoms with Crippen LogP contribution in [0.1, 0.15) is 111 Å². The maximum absolute atomic E-state index is 13.3.